The van der Waals surface area contributed by atoms with Crippen LogP contribution >= 0.6 is 23.1 Å². The molecule has 0 bridgehead atoms. The van der Waals surface area contributed by atoms with E-state index in [-0.39, 0.29) is 5.91 Å². The fraction of sp³-hybridized carbons (Fsp3) is 0.150. The van der Waals surface area contributed by atoms with Crippen LogP contribution in [0.2, 0.25) is 0 Å². The third kappa shape index (κ3) is 3.89. The number of thioether (sulfide) groups is 1. The minimum Gasteiger partial charge on any atom is -0.310 e. The number of fused-ring (bicyclic) bond motifs is 1. The van der Waals surface area contributed by atoms with Crippen LogP contribution in [0.1, 0.15) is 11.3 Å². The summed E-state index contributed by atoms with van der Waals surface area (Å²) >= 11 is 3.23. The number of nitrogens with zero attached hydrogens (tertiary/aromatic N) is 3. The summed E-state index contributed by atoms with van der Waals surface area (Å²) in [5, 5.41) is 8.22. The van der Waals surface area contributed by atoms with Crippen LogP contribution in [0, 0.1) is 6.92 Å². The zero-order chi connectivity index (χ0) is 18.8. The molecule has 0 fully saturated rings. The number of aromatic nitrogens is 3. The third-order valence-electron chi connectivity index (χ3n) is 4.09. The zero-order valence-corrected chi connectivity index (χ0v) is 16.6. The first-order valence-electron chi connectivity index (χ1n) is 8.48. The second kappa shape index (κ2) is 7.54. The van der Waals surface area contributed by atoms with E-state index < -0.39 is 0 Å². The van der Waals surface area contributed by atoms with Gasteiger partial charge < -0.3 is 5.32 Å². The Morgan fingerprint density at radius 3 is 2.70 bits per heavy atom. The summed E-state index contributed by atoms with van der Waals surface area (Å²) in [5.41, 5.74) is 2.73. The first-order valence-corrected chi connectivity index (χ1v) is 10.5. The molecule has 4 aromatic rings. The maximum atomic E-state index is 12.5. The summed E-state index contributed by atoms with van der Waals surface area (Å²) < 4.78 is 2.79. The molecule has 0 spiro atoms. The number of nitrogens with one attached hydrogen (secondary N) is 1. The van der Waals surface area contributed by atoms with Crippen molar-refractivity contribution in [1.82, 2.24) is 14.8 Å². The Morgan fingerprint density at radius 2 is 1.96 bits per heavy atom. The fourth-order valence-electron chi connectivity index (χ4n) is 2.80. The van der Waals surface area contributed by atoms with Gasteiger partial charge in [-0.1, -0.05) is 35.6 Å². The number of para-hydroxylation sites is 1. The van der Waals surface area contributed by atoms with Crippen molar-refractivity contribution < 1.29 is 4.79 Å². The van der Waals surface area contributed by atoms with E-state index in [1.54, 1.807) is 27.8 Å². The van der Waals surface area contributed by atoms with Gasteiger partial charge >= 0.3 is 0 Å². The predicted molar refractivity (Wildman–Crippen MR) is 112 cm³/mol. The molecule has 0 unspecified atom stereocenters. The second-order valence-corrected chi connectivity index (χ2v) is 8.01. The van der Waals surface area contributed by atoms with E-state index in [0.717, 1.165) is 26.6 Å². The monoisotopic (exact) mass is 394 g/mol. The van der Waals surface area contributed by atoms with Crippen molar-refractivity contribution in [3.05, 3.63) is 65.9 Å². The normalized spacial score (nSPS) is 11.0. The number of rotatable bonds is 5. The van der Waals surface area contributed by atoms with Crippen molar-refractivity contribution in [3.63, 3.8) is 0 Å². The molecule has 1 N–H and O–H groups in total. The van der Waals surface area contributed by atoms with Crippen LogP contribution in [0.4, 0.5) is 5.82 Å². The van der Waals surface area contributed by atoms with E-state index in [9.17, 15) is 4.79 Å². The van der Waals surface area contributed by atoms with Gasteiger partial charge in [-0.25, -0.2) is 4.98 Å². The molecule has 4 rings (SSSR count). The summed E-state index contributed by atoms with van der Waals surface area (Å²) in [4.78, 5) is 18.3. The Bertz CT molecular complexity index is 1070. The summed E-state index contributed by atoms with van der Waals surface area (Å²) in [6.45, 7) is 1.90. The highest BCUT2D eigenvalue weighted by Gasteiger charge is 2.14. The second-order valence-electron chi connectivity index (χ2n) is 6.12. The SMILES string of the molecule is CSc1ccc(CC(=O)Nc2cc(C)nn2-c2nc3ccccc3s2)cc1. The largest absolute Gasteiger partial charge is 0.310 e. The molecule has 5 nitrogen and oxygen atoms in total. The number of benzene rings is 2. The van der Waals surface area contributed by atoms with Crippen LogP contribution in [0.15, 0.2) is 59.5 Å². The summed E-state index contributed by atoms with van der Waals surface area (Å²) in [5.74, 6) is 0.562. The third-order valence-corrected chi connectivity index (χ3v) is 5.84. The van der Waals surface area contributed by atoms with Crippen molar-refractivity contribution in [3.8, 4) is 5.13 Å². The predicted octanol–water partition coefficient (Wildman–Crippen LogP) is 4.69. The highest BCUT2D eigenvalue weighted by atomic mass is 32.2. The number of thiazole rings is 1. The molecule has 27 heavy (non-hydrogen) atoms. The standard InChI is InChI=1S/C20H18N4OS2/c1-13-11-18(22-19(25)12-14-7-9-15(26-2)10-8-14)24(23-13)20-21-16-5-3-4-6-17(16)27-20/h3-11H,12H2,1-2H3,(H,22,25). The van der Waals surface area contributed by atoms with Crippen molar-refractivity contribution in [2.24, 2.45) is 0 Å². The number of hydrogen-bond acceptors (Lipinski definition) is 5. The highest BCUT2D eigenvalue weighted by molar-refractivity contribution is 7.98. The van der Waals surface area contributed by atoms with Gasteiger partial charge in [0.1, 0.15) is 5.82 Å². The topological polar surface area (TPSA) is 59.8 Å². The minimum atomic E-state index is -0.0748. The molecule has 2 heterocycles. The minimum absolute atomic E-state index is 0.0748. The Balaban J connectivity index is 1.56. The lowest BCUT2D eigenvalue weighted by atomic mass is 10.1. The molecule has 1 amide bonds. The summed E-state index contributed by atoms with van der Waals surface area (Å²) in [7, 11) is 0. The molecule has 0 saturated carbocycles. The quantitative estimate of drug-likeness (QED) is 0.499. The molecular formula is C20H18N4OS2. The molecule has 136 valence electrons. The van der Waals surface area contributed by atoms with Gasteiger partial charge in [-0.05, 0) is 43.0 Å². The molecule has 0 aliphatic rings. The van der Waals surface area contributed by atoms with Crippen LogP contribution in [0.25, 0.3) is 15.3 Å². The molecule has 0 radical (unpaired) electrons. The molecule has 2 aromatic carbocycles. The molecule has 0 atom stereocenters. The average Bonchev–Trinajstić information content (AvgIpc) is 3.25. The van der Waals surface area contributed by atoms with E-state index >= 15 is 0 Å². The van der Waals surface area contributed by atoms with Gasteiger partial charge in [-0.3, -0.25) is 4.79 Å². The van der Waals surface area contributed by atoms with E-state index in [2.05, 4.69) is 15.4 Å². The summed E-state index contributed by atoms with van der Waals surface area (Å²) in [6.07, 6.45) is 2.35. The van der Waals surface area contributed by atoms with Crippen LogP contribution in [-0.4, -0.2) is 26.9 Å². The van der Waals surface area contributed by atoms with Gasteiger partial charge in [0.25, 0.3) is 0 Å². The fourth-order valence-corrected chi connectivity index (χ4v) is 4.14. The number of aryl methyl sites for hydroxylation is 1. The van der Waals surface area contributed by atoms with E-state index in [1.165, 1.54) is 4.90 Å². The number of amides is 1. The maximum absolute atomic E-state index is 12.5. The molecule has 7 heteroatoms. The number of hydrogen-bond donors (Lipinski definition) is 1. The van der Waals surface area contributed by atoms with Gasteiger partial charge in [0.15, 0.2) is 0 Å². The Hall–Kier alpha value is -2.64. The summed E-state index contributed by atoms with van der Waals surface area (Å²) in [6, 6.07) is 17.9. The van der Waals surface area contributed by atoms with E-state index in [0.29, 0.717) is 12.2 Å². The van der Waals surface area contributed by atoms with Gasteiger partial charge in [0.05, 0.1) is 22.3 Å². The van der Waals surface area contributed by atoms with E-state index in [4.69, 9.17) is 0 Å². The smallest absolute Gasteiger partial charge is 0.229 e. The van der Waals surface area contributed by atoms with Crippen LogP contribution in [0.3, 0.4) is 0 Å². The lowest BCUT2D eigenvalue weighted by Crippen LogP contribution is -2.17. The van der Waals surface area contributed by atoms with Crippen molar-refractivity contribution in [1.29, 1.82) is 0 Å². The molecule has 0 aliphatic carbocycles. The lowest BCUT2D eigenvalue weighted by Gasteiger charge is -2.07. The average molecular weight is 395 g/mol. The molecule has 0 aliphatic heterocycles. The molecule has 0 saturated heterocycles. The van der Waals surface area contributed by atoms with Crippen molar-refractivity contribution in [2.45, 2.75) is 18.2 Å². The Morgan fingerprint density at radius 1 is 1.19 bits per heavy atom. The number of carbonyl (C=O) groups excluding carboxylic acids is 1. The van der Waals surface area contributed by atoms with Crippen LogP contribution in [0.5, 0.6) is 0 Å². The van der Waals surface area contributed by atoms with Gasteiger partial charge in [-0.15, -0.1) is 11.8 Å². The Kier molecular flexibility index (Phi) is 4.96. The Labute approximate surface area is 165 Å². The van der Waals surface area contributed by atoms with Crippen LogP contribution < -0.4 is 5.32 Å². The van der Waals surface area contributed by atoms with Gasteiger partial charge in [0.2, 0.25) is 11.0 Å². The zero-order valence-electron chi connectivity index (χ0n) is 15.0. The molecular weight excluding hydrogens is 376 g/mol. The first-order chi connectivity index (χ1) is 13.1. The number of anilines is 1. The van der Waals surface area contributed by atoms with Gasteiger partial charge in [0, 0.05) is 11.0 Å². The van der Waals surface area contributed by atoms with Crippen molar-refractivity contribution in [2.75, 3.05) is 11.6 Å². The lowest BCUT2D eigenvalue weighted by molar-refractivity contribution is -0.115. The van der Waals surface area contributed by atoms with Crippen molar-refractivity contribution >= 4 is 45.0 Å². The van der Waals surface area contributed by atoms with Crippen LogP contribution in [-0.2, 0) is 11.2 Å². The number of carbonyl (C=O) groups is 1. The molecule has 2 aromatic heterocycles. The maximum Gasteiger partial charge on any atom is 0.229 e. The van der Waals surface area contributed by atoms with E-state index in [1.807, 2.05) is 67.8 Å². The van der Waals surface area contributed by atoms with Gasteiger partial charge in [-0.2, -0.15) is 9.78 Å². The highest BCUT2D eigenvalue weighted by Crippen LogP contribution is 2.27. The first kappa shape index (κ1) is 17.8.